The first-order valence-electron chi connectivity index (χ1n) is 7.97. The van der Waals surface area contributed by atoms with Crippen LogP contribution in [0.25, 0.3) is 0 Å². The van der Waals surface area contributed by atoms with E-state index in [1.165, 1.54) is 0 Å². The lowest BCUT2D eigenvalue weighted by molar-refractivity contribution is -0.153. The molecule has 0 radical (unpaired) electrons. The number of carbonyl (C=O) groups excluding carboxylic acids is 3. The summed E-state index contributed by atoms with van der Waals surface area (Å²) in [5, 5.41) is 2.69. The lowest BCUT2D eigenvalue weighted by Crippen LogP contribution is -2.52. The highest BCUT2D eigenvalue weighted by atomic mass is 16.6. The van der Waals surface area contributed by atoms with Crippen molar-refractivity contribution in [3.63, 3.8) is 0 Å². The summed E-state index contributed by atoms with van der Waals surface area (Å²) in [4.78, 5) is 34.5. The second-order valence-corrected chi connectivity index (χ2v) is 6.09. The summed E-state index contributed by atoms with van der Waals surface area (Å²) >= 11 is 0. The summed E-state index contributed by atoms with van der Waals surface area (Å²) in [7, 11) is 0. The van der Waals surface area contributed by atoms with Gasteiger partial charge in [-0.15, -0.1) is 0 Å². The van der Waals surface area contributed by atoms with Crippen LogP contribution >= 0.6 is 0 Å². The van der Waals surface area contributed by atoms with E-state index >= 15 is 0 Å². The Morgan fingerprint density at radius 2 is 1.83 bits per heavy atom. The molecule has 0 heterocycles. The van der Waals surface area contributed by atoms with Crippen LogP contribution in [0.2, 0.25) is 0 Å². The minimum atomic E-state index is -1.09. The molecule has 0 aliphatic heterocycles. The maximum absolute atomic E-state index is 12.1. The van der Waals surface area contributed by atoms with Crippen LogP contribution in [0, 0.1) is 5.92 Å². The zero-order chi connectivity index (χ0) is 18.2. The number of hydrogen-bond acceptors (Lipinski definition) is 5. The van der Waals surface area contributed by atoms with Gasteiger partial charge in [0.2, 0.25) is 5.91 Å². The van der Waals surface area contributed by atoms with Crippen molar-refractivity contribution in [2.75, 3.05) is 13.2 Å². The Morgan fingerprint density at radius 3 is 2.38 bits per heavy atom. The topological polar surface area (TPSA) is 81.7 Å². The molecule has 0 aromatic heterocycles. The minimum Gasteiger partial charge on any atom is -0.490 e. The number of hydrogen-bond donors (Lipinski definition) is 1. The van der Waals surface area contributed by atoms with Gasteiger partial charge < -0.3 is 14.8 Å². The Hall–Kier alpha value is -2.37. The monoisotopic (exact) mass is 335 g/mol. The van der Waals surface area contributed by atoms with Crippen molar-refractivity contribution >= 4 is 18.2 Å². The van der Waals surface area contributed by atoms with E-state index in [1.54, 1.807) is 45.0 Å². The van der Waals surface area contributed by atoms with Crippen LogP contribution < -0.4 is 10.1 Å². The van der Waals surface area contributed by atoms with E-state index < -0.39 is 11.5 Å². The maximum Gasteiger partial charge on any atom is 0.331 e. The SMILES string of the molecule is CCC(C)C(=O)NC(C)(C)C(=O)OCCOc1ccc(C=O)cc1. The predicted octanol–water partition coefficient (Wildman–Crippen LogP) is 2.36. The van der Waals surface area contributed by atoms with Crippen LogP contribution in [-0.2, 0) is 14.3 Å². The van der Waals surface area contributed by atoms with Gasteiger partial charge in [-0.25, -0.2) is 4.79 Å². The van der Waals surface area contributed by atoms with Gasteiger partial charge in [-0.3, -0.25) is 9.59 Å². The number of nitrogens with one attached hydrogen (secondary N) is 1. The van der Waals surface area contributed by atoms with Crippen LogP contribution in [0.5, 0.6) is 5.75 Å². The van der Waals surface area contributed by atoms with E-state index in [-0.39, 0.29) is 25.0 Å². The molecule has 0 saturated carbocycles. The van der Waals surface area contributed by atoms with Crippen molar-refractivity contribution in [3.8, 4) is 5.75 Å². The summed E-state index contributed by atoms with van der Waals surface area (Å²) in [6.07, 6.45) is 1.45. The molecule has 1 N–H and O–H groups in total. The number of rotatable bonds is 9. The lowest BCUT2D eigenvalue weighted by atomic mass is 10.0. The zero-order valence-corrected chi connectivity index (χ0v) is 14.6. The summed E-state index contributed by atoms with van der Waals surface area (Å²) in [5.41, 5.74) is -0.529. The van der Waals surface area contributed by atoms with Gasteiger partial charge in [0.1, 0.15) is 30.8 Å². The highest BCUT2D eigenvalue weighted by Gasteiger charge is 2.32. The molecule has 0 spiro atoms. The molecular weight excluding hydrogens is 310 g/mol. The van der Waals surface area contributed by atoms with Crippen molar-refractivity contribution < 1.29 is 23.9 Å². The molecule has 1 atom stereocenters. The Bertz CT molecular complexity index is 565. The number of esters is 1. The third-order valence-electron chi connectivity index (χ3n) is 3.61. The third-order valence-corrected chi connectivity index (χ3v) is 3.61. The number of ether oxygens (including phenoxy) is 2. The molecular formula is C18H25NO5. The summed E-state index contributed by atoms with van der Waals surface area (Å²) < 4.78 is 10.6. The second-order valence-electron chi connectivity index (χ2n) is 6.09. The van der Waals surface area contributed by atoms with E-state index in [2.05, 4.69) is 5.32 Å². The summed E-state index contributed by atoms with van der Waals surface area (Å²) in [5.74, 6) is -0.263. The van der Waals surface area contributed by atoms with Crippen molar-refractivity contribution in [1.29, 1.82) is 0 Å². The van der Waals surface area contributed by atoms with Crippen molar-refractivity contribution in [3.05, 3.63) is 29.8 Å². The molecule has 0 fully saturated rings. The highest BCUT2D eigenvalue weighted by molar-refractivity contribution is 5.88. The molecule has 6 heteroatoms. The first kappa shape index (κ1) is 19.7. The van der Waals surface area contributed by atoms with Gasteiger partial charge in [-0.05, 0) is 44.5 Å². The molecule has 6 nitrogen and oxygen atoms in total. The van der Waals surface area contributed by atoms with Gasteiger partial charge >= 0.3 is 5.97 Å². The molecule has 1 amide bonds. The Kier molecular flexibility index (Phi) is 7.42. The first-order valence-corrected chi connectivity index (χ1v) is 7.97. The minimum absolute atomic E-state index is 0.0664. The first-order chi connectivity index (χ1) is 11.3. The van der Waals surface area contributed by atoms with Crippen LogP contribution in [0.3, 0.4) is 0 Å². The molecule has 1 unspecified atom stereocenters. The van der Waals surface area contributed by atoms with E-state index in [4.69, 9.17) is 9.47 Å². The number of benzene rings is 1. The summed E-state index contributed by atoms with van der Waals surface area (Å²) in [6.45, 7) is 7.18. The van der Waals surface area contributed by atoms with Gasteiger partial charge in [0.05, 0.1) is 0 Å². The molecule has 0 saturated heterocycles. The Labute approximate surface area is 142 Å². The largest absolute Gasteiger partial charge is 0.490 e. The molecule has 1 aromatic rings. The zero-order valence-electron chi connectivity index (χ0n) is 14.6. The lowest BCUT2D eigenvalue weighted by Gasteiger charge is -2.25. The third kappa shape index (κ3) is 6.02. The fraction of sp³-hybridized carbons (Fsp3) is 0.500. The van der Waals surface area contributed by atoms with Crippen LogP contribution in [0.4, 0.5) is 0 Å². The van der Waals surface area contributed by atoms with E-state index in [0.29, 0.717) is 17.7 Å². The molecule has 0 aliphatic carbocycles. The van der Waals surface area contributed by atoms with Crippen molar-refractivity contribution in [1.82, 2.24) is 5.32 Å². The van der Waals surface area contributed by atoms with Crippen molar-refractivity contribution in [2.45, 2.75) is 39.7 Å². The molecule has 24 heavy (non-hydrogen) atoms. The number of aldehydes is 1. The second kappa shape index (κ2) is 9.05. The van der Waals surface area contributed by atoms with Gasteiger partial charge in [-0.2, -0.15) is 0 Å². The average Bonchev–Trinajstić information content (AvgIpc) is 2.57. The van der Waals surface area contributed by atoms with Gasteiger partial charge in [0.25, 0.3) is 0 Å². The molecule has 0 bridgehead atoms. The summed E-state index contributed by atoms with van der Waals surface area (Å²) in [6, 6.07) is 6.62. The quantitative estimate of drug-likeness (QED) is 0.426. The van der Waals surface area contributed by atoms with Crippen molar-refractivity contribution in [2.24, 2.45) is 5.92 Å². The van der Waals surface area contributed by atoms with Gasteiger partial charge in [0.15, 0.2) is 0 Å². The van der Waals surface area contributed by atoms with Crippen LogP contribution in [0.1, 0.15) is 44.5 Å². The van der Waals surface area contributed by atoms with E-state index in [9.17, 15) is 14.4 Å². The van der Waals surface area contributed by atoms with Crippen LogP contribution in [0.15, 0.2) is 24.3 Å². The molecule has 1 aromatic carbocycles. The highest BCUT2D eigenvalue weighted by Crippen LogP contribution is 2.12. The standard InChI is InChI=1S/C18H25NO5/c1-5-13(2)16(21)19-18(3,4)17(22)24-11-10-23-15-8-6-14(12-20)7-9-15/h6-9,12-13H,5,10-11H2,1-4H3,(H,19,21). The van der Waals surface area contributed by atoms with Crippen LogP contribution in [-0.4, -0.2) is 36.9 Å². The maximum atomic E-state index is 12.1. The Balaban J connectivity index is 2.38. The molecule has 132 valence electrons. The van der Waals surface area contributed by atoms with E-state index in [0.717, 1.165) is 6.29 Å². The molecule has 0 aliphatic rings. The number of amides is 1. The fourth-order valence-electron chi connectivity index (χ4n) is 1.78. The molecule has 1 rings (SSSR count). The Morgan fingerprint density at radius 1 is 1.21 bits per heavy atom. The van der Waals surface area contributed by atoms with Gasteiger partial charge in [-0.1, -0.05) is 13.8 Å². The average molecular weight is 335 g/mol. The normalized spacial score (nSPS) is 12.2. The predicted molar refractivity (Wildman–Crippen MR) is 90.0 cm³/mol. The number of carbonyl (C=O) groups is 3. The van der Waals surface area contributed by atoms with E-state index in [1.807, 2.05) is 6.92 Å². The fourth-order valence-corrected chi connectivity index (χ4v) is 1.78. The van der Waals surface area contributed by atoms with Gasteiger partial charge in [0, 0.05) is 11.5 Å². The smallest absolute Gasteiger partial charge is 0.331 e.